The molecular formula is C18H14N4O4. The molecule has 8 nitrogen and oxygen atoms in total. The summed E-state index contributed by atoms with van der Waals surface area (Å²) in [5.74, 6) is -0.509. The monoisotopic (exact) mass is 350 g/mol. The SMILES string of the molecule is CC1(c2ccc(C#N)cc2)NC(=O)N(Cc2ccccc2[N+](=O)[O-])C1=O. The van der Waals surface area contributed by atoms with E-state index in [1.807, 2.05) is 6.07 Å². The molecule has 1 unspecified atom stereocenters. The molecule has 0 spiro atoms. The molecule has 1 heterocycles. The Kier molecular flexibility index (Phi) is 4.14. The maximum atomic E-state index is 12.9. The number of benzene rings is 2. The van der Waals surface area contributed by atoms with Gasteiger partial charge in [-0.15, -0.1) is 0 Å². The van der Waals surface area contributed by atoms with E-state index >= 15 is 0 Å². The number of para-hydroxylation sites is 1. The number of carbonyl (C=O) groups is 2. The van der Waals surface area contributed by atoms with Crippen molar-refractivity contribution in [1.82, 2.24) is 10.2 Å². The number of hydrogen-bond donors (Lipinski definition) is 1. The molecule has 0 aromatic heterocycles. The van der Waals surface area contributed by atoms with Crippen molar-refractivity contribution >= 4 is 17.6 Å². The lowest BCUT2D eigenvalue weighted by atomic mass is 9.91. The number of carbonyl (C=O) groups excluding carboxylic acids is 2. The number of rotatable bonds is 4. The van der Waals surface area contributed by atoms with Crippen molar-refractivity contribution in [2.24, 2.45) is 0 Å². The topological polar surface area (TPSA) is 116 Å². The molecule has 1 saturated heterocycles. The molecule has 1 aliphatic rings. The van der Waals surface area contributed by atoms with E-state index in [4.69, 9.17) is 5.26 Å². The number of nitriles is 1. The Morgan fingerprint density at radius 1 is 1.19 bits per heavy atom. The zero-order chi connectivity index (χ0) is 18.9. The van der Waals surface area contributed by atoms with Crippen molar-refractivity contribution in [2.75, 3.05) is 0 Å². The van der Waals surface area contributed by atoms with Crippen LogP contribution in [0.1, 0.15) is 23.6 Å². The van der Waals surface area contributed by atoms with Crippen LogP contribution in [0.3, 0.4) is 0 Å². The molecular weight excluding hydrogens is 336 g/mol. The first-order valence-electron chi connectivity index (χ1n) is 7.74. The van der Waals surface area contributed by atoms with Crippen LogP contribution in [0.25, 0.3) is 0 Å². The van der Waals surface area contributed by atoms with Crippen LogP contribution in [0.2, 0.25) is 0 Å². The van der Waals surface area contributed by atoms with E-state index in [0.29, 0.717) is 11.1 Å². The Balaban J connectivity index is 1.92. The predicted molar refractivity (Wildman–Crippen MR) is 90.7 cm³/mol. The molecule has 0 radical (unpaired) electrons. The van der Waals surface area contributed by atoms with Crippen LogP contribution in [-0.4, -0.2) is 21.8 Å². The van der Waals surface area contributed by atoms with Crippen LogP contribution < -0.4 is 5.32 Å². The fourth-order valence-corrected chi connectivity index (χ4v) is 2.91. The van der Waals surface area contributed by atoms with Crippen molar-refractivity contribution in [2.45, 2.75) is 19.0 Å². The van der Waals surface area contributed by atoms with Gasteiger partial charge in [-0.2, -0.15) is 5.26 Å². The van der Waals surface area contributed by atoms with Gasteiger partial charge in [-0.05, 0) is 24.6 Å². The van der Waals surface area contributed by atoms with Crippen molar-refractivity contribution < 1.29 is 14.5 Å². The Labute approximate surface area is 148 Å². The highest BCUT2D eigenvalue weighted by atomic mass is 16.6. The normalized spacial score (nSPS) is 19.2. The lowest BCUT2D eigenvalue weighted by molar-refractivity contribution is -0.385. The summed E-state index contributed by atoms with van der Waals surface area (Å²) >= 11 is 0. The molecule has 2 aromatic rings. The Bertz CT molecular complexity index is 948. The van der Waals surface area contributed by atoms with Crippen LogP contribution >= 0.6 is 0 Å². The van der Waals surface area contributed by atoms with Crippen molar-refractivity contribution in [3.05, 3.63) is 75.3 Å². The highest BCUT2D eigenvalue weighted by Crippen LogP contribution is 2.31. The Morgan fingerprint density at radius 2 is 1.85 bits per heavy atom. The van der Waals surface area contributed by atoms with E-state index in [-0.39, 0.29) is 17.8 Å². The molecule has 1 atom stereocenters. The smallest absolute Gasteiger partial charge is 0.319 e. The van der Waals surface area contributed by atoms with Gasteiger partial charge in [0.2, 0.25) is 0 Å². The van der Waals surface area contributed by atoms with E-state index in [9.17, 15) is 19.7 Å². The number of nitrogens with zero attached hydrogens (tertiary/aromatic N) is 3. The number of hydrogen-bond acceptors (Lipinski definition) is 5. The fourth-order valence-electron chi connectivity index (χ4n) is 2.91. The predicted octanol–water partition coefficient (Wildman–Crippen LogP) is 2.43. The summed E-state index contributed by atoms with van der Waals surface area (Å²) in [6.45, 7) is 1.36. The van der Waals surface area contributed by atoms with Gasteiger partial charge in [-0.25, -0.2) is 4.79 Å². The van der Waals surface area contributed by atoms with E-state index < -0.39 is 22.4 Å². The molecule has 26 heavy (non-hydrogen) atoms. The van der Waals surface area contributed by atoms with Crippen LogP contribution in [0.15, 0.2) is 48.5 Å². The van der Waals surface area contributed by atoms with Gasteiger partial charge >= 0.3 is 6.03 Å². The molecule has 1 aliphatic heterocycles. The lowest BCUT2D eigenvalue weighted by Gasteiger charge is -2.22. The molecule has 130 valence electrons. The van der Waals surface area contributed by atoms with Gasteiger partial charge in [-0.3, -0.25) is 19.8 Å². The second kappa shape index (κ2) is 6.29. The first-order valence-corrected chi connectivity index (χ1v) is 7.74. The summed E-state index contributed by atoms with van der Waals surface area (Å²) < 4.78 is 0. The summed E-state index contributed by atoms with van der Waals surface area (Å²) in [6.07, 6.45) is 0. The van der Waals surface area contributed by atoms with E-state index in [1.165, 1.54) is 18.2 Å². The summed E-state index contributed by atoms with van der Waals surface area (Å²) in [5, 5.41) is 22.7. The first kappa shape index (κ1) is 17.1. The molecule has 0 saturated carbocycles. The second-order valence-electron chi connectivity index (χ2n) is 6.02. The lowest BCUT2D eigenvalue weighted by Crippen LogP contribution is -2.40. The minimum Gasteiger partial charge on any atom is -0.319 e. The number of nitro groups is 1. The molecule has 3 amide bonds. The first-order chi connectivity index (χ1) is 12.4. The van der Waals surface area contributed by atoms with E-state index in [1.54, 1.807) is 37.3 Å². The largest absolute Gasteiger partial charge is 0.325 e. The van der Waals surface area contributed by atoms with Crippen LogP contribution in [0.5, 0.6) is 0 Å². The van der Waals surface area contributed by atoms with Gasteiger partial charge in [0.15, 0.2) is 0 Å². The number of urea groups is 1. The molecule has 0 bridgehead atoms. The minimum atomic E-state index is -1.30. The number of nitrogens with one attached hydrogen (secondary N) is 1. The van der Waals surface area contributed by atoms with Crippen molar-refractivity contribution in [3.63, 3.8) is 0 Å². The average molecular weight is 350 g/mol. The zero-order valence-electron chi connectivity index (χ0n) is 13.8. The van der Waals surface area contributed by atoms with Gasteiger partial charge in [0.05, 0.1) is 23.1 Å². The third-order valence-electron chi connectivity index (χ3n) is 4.38. The molecule has 2 aromatic carbocycles. The highest BCUT2D eigenvalue weighted by molar-refractivity contribution is 6.07. The average Bonchev–Trinajstić information content (AvgIpc) is 2.86. The molecule has 1 fully saturated rings. The van der Waals surface area contributed by atoms with E-state index in [0.717, 1.165) is 4.90 Å². The third-order valence-corrected chi connectivity index (χ3v) is 4.38. The van der Waals surface area contributed by atoms with Gasteiger partial charge < -0.3 is 5.32 Å². The van der Waals surface area contributed by atoms with Gasteiger partial charge in [0.25, 0.3) is 11.6 Å². The van der Waals surface area contributed by atoms with E-state index in [2.05, 4.69) is 5.32 Å². The second-order valence-corrected chi connectivity index (χ2v) is 6.02. The maximum Gasteiger partial charge on any atom is 0.325 e. The Morgan fingerprint density at radius 3 is 2.46 bits per heavy atom. The summed E-state index contributed by atoms with van der Waals surface area (Å²) in [6, 6.07) is 13.7. The molecule has 1 N–H and O–H groups in total. The quantitative estimate of drug-likeness (QED) is 0.516. The Hall–Kier alpha value is -3.73. The van der Waals surface area contributed by atoms with Crippen LogP contribution in [-0.2, 0) is 16.9 Å². The number of imide groups is 1. The van der Waals surface area contributed by atoms with Gasteiger partial charge in [0.1, 0.15) is 5.54 Å². The summed E-state index contributed by atoms with van der Waals surface area (Å²) in [4.78, 5) is 36.8. The minimum absolute atomic E-state index is 0.153. The van der Waals surface area contributed by atoms with Crippen LogP contribution in [0, 0.1) is 21.4 Å². The number of amides is 3. The van der Waals surface area contributed by atoms with Gasteiger partial charge in [0, 0.05) is 11.6 Å². The van der Waals surface area contributed by atoms with Crippen molar-refractivity contribution in [1.29, 1.82) is 5.26 Å². The third kappa shape index (κ3) is 2.75. The standard InChI is InChI=1S/C18H14N4O4/c1-18(14-8-6-12(10-19)7-9-14)16(23)21(17(24)20-18)11-13-4-2-3-5-15(13)22(25)26/h2-9H,11H2,1H3,(H,20,24). The van der Waals surface area contributed by atoms with Crippen LogP contribution in [0.4, 0.5) is 10.5 Å². The highest BCUT2D eigenvalue weighted by Gasteiger charge is 2.49. The maximum absolute atomic E-state index is 12.9. The number of nitro benzene ring substituents is 1. The molecule has 8 heteroatoms. The molecule has 3 rings (SSSR count). The summed E-state index contributed by atoms with van der Waals surface area (Å²) in [7, 11) is 0. The summed E-state index contributed by atoms with van der Waals surface area (Å²) in [5.41, 5.74) is -0.217. The van der Waals surface area contributed by atoms with Gasteiger partial charge in [-0.1, -0.05) is 30.3 Å². The van der Waals surface area contributed by atoms with Crippen molar-refractivity contribution in [3.8, 4) is 6.07 Å². The molecule has 0 aliphatic carbocycles. The fraction of sp³-hybridized carbons (Fsp3) is 0.167. The zero-order valence-corrected chi connectivity index (χ0v) is 13.8.